The van der Waals surface area contributed by atoms with Crippen LogP contribution < -0.4 is 9.47 Å². The fourth-order valence-electron chi connectivity index (χ4n) is 3.21. The maximum absolute atomic E-state index is 11.8. The van der Waals surface area contributed by atoms with Crippen LogP contribution in [0.4, 0.5) is 0 Å². The van der Waals surface area contributed by atoms with Crippen molar-refractivity contribution in [2.45, 2.75) is 25.8 Å². The largest absolute Gasteiger partial charge is 0.486 e. The Morgan fingerprint density at radius 1 is 1.27 bits per heavy atom. The fraction of sp³-hybridized carbons (Fsp3) is 0.625. The second-order valence-electron chi connectivity index (χ2n) is 5.80. The van der Waals surface area contributed by atoms with E-state index in [1.807, 2.05) is 12.1 Å². The van der Waals surface area contributed by atoms with Gasteiger partial charge in [0, 0.05) is 23.9 Å². The molecule has 6 heteroatoms. The van der Waals surface area contributed by atoms with Gasteiger partial charge >= 0.3 is 0 Å². The number of hydrogen-bond donors (Lipinski definition) is 0. The molecule has 1 aromatic carbocycles. The number of fused-ring (bicyclic) bond motifs is 1. The Labute approximate surface area is 132 Å². The van der Waals surface area contributed by atoms with Crippen LogP contribution in [0.25, 0.3) is 0 Å². The number of benzene rings is 1. The monoisotopic (exact) mass is 325 g/mol. The third-order valence-electron chi connectivity index (χ3n) is 4.45. The summed E-state index contributed by atoms with van der Waals surface area (Å²) in [6, 6.07) is 6.22. The van der Waals surface area contributed by atoms with Crippen molar-refractivity contribution in [1.82, 2.24) is 4.90 Å². The van der Waals surface area contributed by atoms with Gasteiger partial charge < -0.3 is 9.47 Å². The first kappa shape index (κ1) is 15.6. The number of para-hydroxylation sites is 1. The maximum Gasteiger partial charge on any atom is 0.166 e. The highest BCUT2D eigenvalue weighted by Crippen LogP contribution is 2.42. The van der Waals surface area contributed by atoms with Crippen molar-refractivity contribution in [3.63, 3.8) is 0 Å². The minimum absolute atomic E-state index is 0.212. The van der Waals surface area contributed by atoms with Crippen molar-refractivity contribution in [2.24, 2.45) is 0 Å². The Kier molecular flexibility index (Phi) is 4.59. The lowest BCUT2D eigenvalue weighted by atomic mass is 10.0. The highest BCUT2D eigenvalue weighted by molar-refractivity contribution is 7.91. The van der Waals surface area contributed by atoms with Crippen LogP contribution in [0.3, 0.4) is 0 Å². The molecule has 1 saturated heterocycles. The van der Waals surface area contributed by atoms with E-state index in [0.717, 1.165) is 36.4 Å². The van der Waals surface area contributed by atoms with Crippen LogP contribution in [-0.4, -0.2) is 51.1 Å². The molecular weight excluding hydrogens is 302 g/mol. The maximum atomic E-state index is 11.8. The number of ether oxygens (including phenoxy) is 2. The number of sulfone groups is 1. The SMILES string of the molecule is CCS(=O)(=O)CCN1CCC[C@@H]1c1cccc2c1OCCO2. The topological polar surface area (TPSA) is 55.8 Å². The van der Waals surface area contributed by atoms with E-state index >= 15 is 0 Å². The predicted molar refractivity (Wildman–Crippen MR) is 85.3 cm³/mol. The Bertz CT molecular complexity index is 629. The van der Waals surface area contributed by atoms with Crippen LogP contribution in [0.1, 0.15) is 31.4 Å². The number of rotatable bonds is 5. The molecule has 1 fully saturated rings. The fourth-order valence-corrected chi connectivity index (χ4v) is 4.01. The normalized spacial score (nSPS) is 22.0. The van der Waals surface area contributed by atoms with E-state index in [4.69, 9.17) is 9.47 Å². The number of likely N-dealkylation sites (tertiary alicyclic amines) is 1. The van der Waals surface area contributed by atoms with Gasteiger partial charge in [-0.2, -0.15) is 0 Å². The Balaban J connectivity index is 1.79. The molecule has 0 bridgehead atoms. The quantitative estimate of drug-likeness (QED) is 0.829. The molecule has 5 nitrogen and oxygen atoms in total. The molecule has 0 amide bonds. The predicted octanol–water partition coefficient (Wildman–Crippen LogP) is 2.03. The second kappa shape index (κ2) is 6.46. The smallest absolute Gasteiger partial charge is 0.166 e. The summed E-state index contributed by atoms with van der Waals surface area (Å²) in [6.45, 7) is 4.38. The summed E-state index contributed by atoms with van der Waals surface area (Å²) in [6.07, 6.45) is 2.12. The van der Waals surface area contributed by atoms with Gasteiger partial charge in [0.2, 0.25) is 0 Å². The standard InChI is InChI=1S/C16H23NO4S/c1-2-22(18,19)12-9-17-8-4-6-14(17)13-5-3-7-15-16(13)21-11-10-20-15/h3,5,7,14H,2,4,6,8-12H2,1H3/t14-/m1/s1. The van der Waals surface area contributed by atoms with Gasteiger partial charge in [0.05, 0.1) is 5.75 Å². The Morgan fingerprint density at radius 3 is 2.91 bits per heavy atom. The van der Waals surface area contributed by atoms with E-state index in [9.17, 15) is 8.42 Å². The highest BCUT2D eigenvalue weighted by Gasteiger charge is 2.30. The number of hydrogen-bond acceptors (Lipinski definition) is 5. The van der Waals surface area contributed by atoms with Gasteiger partial charge in [-0.05, 0) is 25.5 Å². The molecule has 122 valence electrons. The summed E-state index contributed by atoms with van der Waals surface area (Å²) in [5.74, 6) is 2.08. The lowest BCUT2D eigenvalue weighted by molar-refractivity contribution is 0.165. The molecule has 0 saturated carbocycles. The van der Waals surface area contributed by atoms with E-state index in [0.29, 0.717) is 19.8 Å². The first-order valence-electron chi connectivity index (χ1n) is 7.93. The summed E-state index contributed by atoms with van der Waals surface area (Å²) in [7, 11) is -2.93. The van der Waals surface area contributed by atoms with Gasteiger partial charge in [0.15, 0.2) is 21.3 Å². The van der Waals surface area contributed by atoms with Gasteiger partial charge in [0.1, 0.15) is 13.2 Å². The van der Waals surface area contributed by atoms with E-state index < -0.39 is 9.84 Å². The van der Waals surface area contributed by atoms with Crippen molar-refractivity contribution in [2.75, 3.05) is 37.8 Å². The molecule has 22 heavy (non-hydrogen) atoms. The van der Waals surface area contributed by atoms with Crippen LogP contribution in [-0.2, 0) is 9.84 Å². The van der Waals surface area contributed by atoms with E-state index in [1.165, 1.54) is 0 Å². The molecule has 3 rings (SSSR count). The summed E-state index contributed by atoms with van der Waals surface area (Å²) in [5, 5.41) is 0. The molecule has 0 aromatic heterocycles. The minimum Gasteiger partial charge on any atom is -0.486 e. The van der Waals surface area contributed by atoms with E-state index in [-0.39, 0.29) is 17.5 Å². The van der Waals surface area contributed by atoms with Crippen LogP contribution in [0.5, 0.6) is 11.5 Å². The van der Waals surface area contributed by atoms with Crippen molar-refractivity contribution in [3.05, 3.63) is 23.8 Å². The van der Waals surface area contributed by atoms with E-state index in [2.05, 4.69) is 11.0 Å². The van der Waals surface area contributed by atoms with Crippen LogP contribution in [0.2, 0.25) is 0 Å². The molecule has 0 radical (unpaired) electrons. The minimum atomic E-state index is -2.93. The average molecular weight is 325 g/mol. The molecule has 1 aromatic rings. The van der Waals surface area contributed by atoms with Gasteiger partial charge in [-0.15, -0.1) is 0 Å². The van der Waals surface area contributed by atoms with Crippen LogP contribution in [0.15, 0.2) is 18.2 Å². The molecule has 0 aliphatic carbocycles. The molecule has 2 heterocycles. The second-order valence-corrected chi connectivity index (χ2v) is 8.27. The van der Waals surface area contributed by atoms with Crippen molar-refractivity contribution in [3.8, 4) is 11.5 Å². The zero-order valence-electron chi connectivity index (χ0n) is 13.0. The summed E-state index contributed by atoms with van der Waals surface area (Å²) in [4.78, 5) is 2.26. The number of nitrogens with zero attached hydrogens (tertiary/aromatic N) is 1. The van der Waals surface area contributed by atoms with Crippen molar-refractivity contribution >= 4 is 9.84 Å². The molecule has 0 spiro atoms. The Hall–Kier alpha value is -1.27. The van der Waals surface area contributed by atoms with Gasteiger partial charge in [-0.25, -0.2) is 8.42 Å². The molecule has 0 N–H and O–H groups in total. The summed E-state index contributed by atoms with van der Waals surface area (Å²) < 4.78 is 35.0. The first-order valence-corrected chi connectivity index (χ1v) is 9.76. The van der Waals surface area contributed by atoms with Gasteiger partial charge in [-0.3, -0.25) is 4.90 Å². The van der Waals surface area contributed by atoms with E-state index in [1.54, 1.807) is 6.92 Å². The van der Waals surface area contributed by atoms with Gasteiger partial charge in [-0.1, -0.05) is 19.1 Å². The van der Waals surface area contributed by atoms with Gasteiger partial charge in [0.25, 0.3) is 0 Å². The van der Waals surface area contributed by atoms with Crippen molar-refractivity contribution < 1.29 is 17.9 Å². The average Bonchev–Trinajstić information content (AvgIpc) is 3.01. The highest BCUT2D eigenvalue weighted by atomic mass is 32.2. The lowest BCUT2D eigenvalue weighted by Gasteiger charge is -2.28. The van der Waals surface area contributed by atoms with Crippen molar-refractivity contribution in [1.29, 1.82) is 0 Å². The molecule has 2 aliphatic rings. The molecule has 1 atom stereocenters. The Morgan fingerprint density at radius 2 is 2.09 bits per heavy atom. The first-order chi connectivity index (χ1) is 10.6. The third kappa shape index (κ3) is 3.22. The molecule has 2 aliphatic heterocycles. The lowest BCUT2D eigenvalue weighted by Crippen LogP contribution is -2.30. The molecular formula is C16H23NO4S. The zero-order valence-corrected chi connectivity index (χ0v) is 13.8. The zero-order chi connectivity index (χ0) is 15.6. The van der Waals surface area contributed by atoms with Crippen LogP contribution in [0, 0.1) is 0 Å². The summed E-state index contributed by atoms with van der Waals surface area (Å²) >= 11 is 0. The molecule has 0 unspecified atom stereocenters. The summed E-state index contributed by atoms with van der Waals surface area (Å²) in [5.41, 5.74) is 1.13. The van der Waals surface area contributed by atoms with Crippen LogP contribution >= 0.6 is 0 Å². The third-order valence-corrected chi connectivity index (χ3v) is 6.13.